The number of oxime groups is 1. The number of hydrogen-bond donors (Lipinski definition) is 1. The van der Waals surface area contributed by atoms with Crippen molar-refractivity contribution < 1.29 is 14.7 Å². The Morgan fingerprint density at radius 3 is 2.37 bits per heavy atom. The molecule has 0 saturated heterocycles. The first-order chi connectivity index (χ1) is 13.1. The second-order valence-electron chi connectivity index (χ2n) is 5.81. The molecule has 0 fully saturated rings. The molecule has 1 aromatic heterocycles. The van der Waals surface area contributed by atoms with Gasteiger partial charge in [-0.2, -0.15) is 0 Å². The van der Waals surface area contributed by atoms with Gasteiger partial charge < -0.3 is 9.94 Å². The van der Waals surface area contributed by atoms with Gasteiger partial charge in [0.25, 0.3) is 5.56 Å². The Hall–Kier alpha value is -3.19. The lowest BCUT2D eigenvalue weighted by Gasteiger charge is -2.15. The molecule has 6 nitrogen and oxygen atoms in total. The highest BCUT2D eigenvalue weighted by molar-refractivity contribution is 7.09. The van der Waals surface area contributed by atoms with E-state index in [1.807, 2.05) is 48.5 Å². The molecule has 1 N–H and O–H groups in total. The van der Waals surface area contributed by atoms with Gasteiger partial charge in [-0.1, -0.05) is 77.4 Å². The maximum Gasteiger partial charge on any atom is 0.330 e. The summed E-state index contributed by atoms with van der Waals surface area (Å²) < 4.78 is 6.27. The minimum Gasteiger partial charge on any atom is -0.467 e. The van der Waals surface area contributed by atoms with Crippen molar-refractivity contribution in [3.8, 4) is 0 Å². The number of carbonyl (C=O) groups is 1. The normalized spacial score (nSPS) is 12.6. The number of nitrogens with zero attached hydrogens (tertiary/aromatic N) is 2. The maximum atomic E-state index is 12.6. The molecule has 3 aromatic rings. The molecule has 0 aliphatic carbocycles. The number of esters is 1. The van der Waals surface area contributed by atoms with E-state index in [2.05, 4.69) is 5.16 Å². The van der Waals surface area contributed by atoms with Crippen LogP contribution in [-0.2, 0) is 16.0 Å². The van der Waals surface area contributed by atoms with E-state index in [0.29, 0.717) is 16.9 Å². The van der Waals surface area contributed by atoms with E-state index in [9.17, 15) is 14.8 Å². The molecule has 0 amide bonds. The van der Waals surface area contributed by atoms with Gasteiger partial charge in [0.15, 0.2) is 0 Å². The monoisotopic (exact) mass is 382 g/mol. The number of carbonyl (C=O) groups excluding carboxylic acids is 1. The topological polar surface area (TPSA) is 80.9 Å². The maximum absolute atomic E-state index is 12.6. The fraction of sp³-hybridized carbons (Fsp3) is 0.150. The first kappa shape index (κ1) is 18.6. The Morgan fingerprint density at radius 2 is 1.78 bits per heavy atom. The van der Waals surface area contributed by atoms with Crippen molar-refractivity contribution in [1.29, 1.82) is 0 Å². The van der Waals surface area contributed by atoms with Crippen LogP contribution in [0.1, 0.15) is 22.0 Å². The predicted octanol–water partition coefficient (Wildman–Crippen LogP) is 3.09. The molecule has 0 saturated carbocycles. The van der Waals surface area contributed by atoms with Gasteiger partial charge in [0.1, 0.15) is 11.8 Å². The second kappa shape index (κ2) is 8.46. The van der Waals surface area contributed by atoms with Crippen LogP contribution in [0.3, 0.4) is 0 Å². The summed E-state index contributed by atoms with van der Waals surface area (Å²) in [5.41, 5.74) is 1.51. The molecule has 0 spiro atoms. The van der Waals surface area contributed by atoms with E-state index < -0.39 is 12.0 Å². The van der Waals surface area contributed by atoms with E-state index in [-0.39, 0.29) is 11.3 Å². The van der Waals surface area contributed by atoms with Crippen LogP contribution in [0.15, 0.2) is 76.7 Å². The van der Waals surface area contributed by atoms with Crippen LogP contribution in [0, 0.1) is 0 Å². The van der Waals surface area contributed by atoms with Crippen molar-refractivity contribution in [2.45, 2.75) is 12.5 Å². The fourth-order valence-corrected chi connectivity index (χ4v) is 3.80. The van der Waals surface area contributed by atoms with Crippen molar-refractivity contribution in [3.05, 3.63) is 93.1 Å². The number of aromatic nitrogens is 1. The average molecular weight is 382 g/mol. The smallest absolute Gasteiger partial charge is 0.330 e. The van der Waals surface area contributed by atoms with Crippen molar-refractivity contribution in [2.75, 3.05) is 7.11 Å². The van der Waals surface area contributed by atoms with Crippen LogP contribution in [0.25, 0.3) is 0 Å². The summed E-state index contributed by atoms with van der Waals surface area (Å²) in [5, 5.41) is 12.8. The zero-order valence-corrected chi connectivity index (χ0v) is 15.4. The van der Waals surface area contributed by atoms with Gasteiger partial charge in [0, 0.05) is 18.1 Å². The van der Waals surface area contributed by atoms with Gasteiger partial charge in [-0.05, 0) is 5.56 Å². The molecular formula is C20H18N2O4S. The van der Waals surface area contributed by atoms with Crippen molar-refractivity contribution >= 4 is 23.2 Å². The summed E-state index contributed by atoms with van der Waals surface area (Å²) in [6.07, 6.45) is 0.324. The molecule has 1 heterocycles. The minimum absolute atomic E-state index is 0.278. The lowest BCUT2D eigenvalue weighted by atomic mass is 10.1. The van der Waals surface area contributed by atoms with Crippen molar-refractivity contribution in [1.82, 2.24) is 3.96 Å². The predicted molar refractivity (Wildman–Crippen MR) is 104 cm³/mol. The van der Waals surface area contributed by atoms with Crippen molar-refractivity contribution in [2.24, 2.45) is 5.16 Å². The van der Waals surface area contributed by atoms with E-state index in [1.165, 1.54) is 17.1 Å². The van der Waals surface area contributed by atoms with Gasteiger partial charge in [-0.3, -0.25) is 4.79 Å². The third-order valence-corrected chi connectivity index (χ3v) is 5.22. The summed E-state index contributed by atoms with van der Waals surface area (Å²) in [6, 6.07) is 19.0. The molecule has 138 valence electrons. The number of benzene rings is 2. The zero-order chi connectivity index (χ0) is 19.2. The summed E-state index contributed by atoms with van der Waals surface area (Å²) in [7, 11) is 1.30. The highest BCUT2D eigenvalue weighted by Crippen LogP contribution is 2.21. The quantitative estimate of drug-likeness (QED) is 0.307. The van der Waals surface area contributed by atoms with Crippen LogP contribution >= 0.6 is 11.5 Å². The minimum atomic E-state index is -0.792. The molecule has 1 unspecified atom stereocenters. The summed E-state index contributed by atoms with van der Waals surface area (Å²) in [6.45, 7) is 0. The molecule has 3 rings (SSSR count). The highest BCUT2D eigenvalue weighted by atomic mass is 32.1. The Balaban J connectivity index is 1.99. The molecule has 1 atom stereocenters. The molecule has 27 heavy (non-hydrogen) atoms. The molecule has 0 bridgehead atoms. The highest BCUT2D eigenvalue weighted by Gasteiger charge is 2.26. The molecule has 2 aromatic carbocycles. The van der Waals surface area contributed by atoms with Gasteiger partial charge in [0.2, 0.25) is 0 Å². The molecule has 0 radical (unpaired) electrons. The zero-order valence-electron chi connectivity index (χ0n) is 14.6. The molecular weight excluding hydrogens is 364 g/mol. The van der Waals surface area contributed by atoms with Crippen LogP contribution in [0.4, 0.5) is 0 Å². The number of rotatable bonds is 6. The Morgan fingerprint density at radius 1 is 1.15 bits per heavy atom. The average Bonchev–Trinajstić information content (AvgIpc) is 3.08. The van der Waals surface area contributed by atoms with Crippen LogP contribution < -0.4 is 5.56 Å². The second-order valence-corrected chi connectivity index (χ2v) is 6.82. The summed E-state index contributed by atoms with van der Waals surface area (Å²) in [5.74, 6) is -0.503. The molecule has 0 aliphatic rings. The van der Waals surface area contributed by atoms with Gasteiger partial charge in [0.05, 0.1) is 12.0 Å². The van der Waals surface area contributed by atoms with Crippen molar-refractivity contribution in [3.63, 3.8) is 0 Å². The van der Waals surface area contributed by atoms with Gasteiger partial charge >= 0.3 is 5.97 Å². The number of ether oxygens (including phenoxy) is 1. The van der Waals surface area contributed by atoms with E-state index in [0.717, 1.165) is 17.1 Å². The summed E-state index contributed by atoms with van der Waals surface area (Å²) >= 11 is 1.07. The number of methoxy groups -OCH3 is 1. The summed E-state index contributed by atoms with van der Waals surface area (Å²) in [4.78, 5) is 25.4. The van der Waals surface area contributed by atoms with Gasteiger partial charge in [-0.15, -0.1) is 0 Å². The third kappa shape index (κ3) is 4.15. The van der Waals surface area contributed by atoms with E-state index >= 15 is 0 Å². The first-order valence-electron chi connectivity index (χ1n) is 8.26. The Labute approximate surface area is 160 Å². The standard InChI is InChI=1S/C20H18N2O4S/c1-26-20(24)16(12-14-8-4-2-5-9-14)22-18(23)13-17(27-22)19(21-25)15-10-6-3-7-11-15/h2-11,13,16,25H,12H2,1H3/b21-19-. The van der Waals surface area contributed by atoms with Crippen LogP contribution in [-0.4, -0.2) is 28.0 Å². The third-order valence-electron chi connectivity index (χ3n) is 4.08. The molecule has 0 aliphatic heterocycles. The van der Waals surface area contributed by atoms with E-state index in [4.69, 9.17) is 4.74 Å². The molecule has 7 heteroatoms. The van der Waals surface area contributed by atoms with E-state index in [1.54, 1.807) is 12.1 Å². The SMILES string of the molecule is COC(=O)C(Cc1ccccc1)n1sc(/C(=N\O)c2ccccc2)cc1=O. The number of hydrogen-bond acceptors (Lipinski definition) is 6. The largest absolute Gasteiger partial charge is 0.467 e. The Bertz CT molecular complexity index is 994. The van der Waals surface area contributed by atoms with Crippen LogP contribution in [0.5, 0.6) is 0 Å². The first-order valence-corrected chi connectivity index (χ1v) is 9.04. The lowest BCUT2D eigenvalue weighted by molar-refractivity contribution is -0.144. The van der Waals surface area contributed by atoms with Crippen LogP contribution in [0.2, 0.25) is 0 Å². The Kier molecular flexibility index (Phi) is 5.83. The fourth-order valence-electron chi connectivity index (χ4n) is 2.76. The van der Waals surface area contributed by atoms with Gasteiger partial charge in [-0.25, -0.2) is 8.75 Å². The lowest BCUT2D eigenvalue weighted by Crippen LogP contribution is -2.28.